The molecule has 3 aliphatic rings. The SMILES string of the molecule is CC(F)Oc1cccc(-n2c(=O)n(C(C)C)c3cc(C(=O)CC4(C)CCS(=O)(=O)CC4)ncc32)c1.CC(F)Oc1cccc(-n2c(=O)n(C(C)C)c3cc(C(=O)CC4(C)CS(=O)(=O)C4)ncc32)c1.CC(F)Oc1cccc(-n2c(=O)n(C(C)C)c3nc(C(=O)CC4(C)CS(=O)(=O)C4)ccc32)c1. The highest BCUT2D eigenvalue weighted by Gasteiger charge is 2.47. The zero-order valence-corrected chi connectivity index (χ0v) is 60.6. The number of halogens is 3. The molecule has 0 radical (unpaired) electrons. The first kappa shape index (κ1) is 74.7. The van der Waals surface area contributed by atoms with Crippen LogP contribution in [-0.4, -0.2) is 139 Å². The Balaban J connectivity index is 0.000000163. The molecule has 3 aromatic carbocycles. The molecule has 0 spiro atoms. The molecule has 0 aliphatic carbocycles. The number of ketones is 3. The Kier molecular flexibility index (Phi) is 21.0. The third-order valence-corrected chi connectivity index (χ3v) is 24.0. The van der Waals surface area contributed by atoms with Crippen molar-refractivity contribution in [3.63, 3.8) is 0 Å². The number of hydrogen-bond donors (Lipinski definition) is 0. The molecule has 3 fully saturated rings. The van der Waals surface area contributed by atoms with E-state index in [2.05, 4.69) is 15.0 Å². The number of carbonyl (C=O) groups is 3. The molecule has 3 atom stereocenters. The molecule has 0 amide bonds. The fraction of sp³-hybridized carbons (Fsp3) is 0.451. The lowest BCUT2D eigenvalue weighted by Gasteiger charge is -2.36. The summed E-state index contributed by atoms with van der Waals surface area (Å²) < 4.78 is 134. The summed E-state index contributed by atoms with van der Waals surface area (Å²) >= 11 is 0. The molecule has 3 unspecified atom stereocenters. The second-order valence-electron chi connectivity index (χ2n) is 28.3. The Hall–Kier alpha value is -9.03. The summed E-state index contributed by atoms with van der Waals surface area (Å²) in [6, 6.07) is 25.4. The monoisotopic (exact) mass is 1450 g/mol. The van der Waals surface area contributed by atoms with Crippen molar-refractivity contribution in [2.75, 3.05) is 34.5 Å². The van der Waals surface area contributed by atoms with Crippen LogP contribution in [-0.2, 0) is 29.5 Å². The van der Waals surface area contributed by atoms with E-state index in [1.807, 2.05) is 48.5 Å². The lowest BCUT2D eigenvalue weighted by atomic mass is 9.79. The molecule has 540 valence electrons. The minimum atomic E-state index is -3.07. The molecule has 9 heterocycles. The van der Waals surface area contributed by atoms with Gasteiger partial charge in [-0.3, -0.25) is 51.8 Å². The van der Waals surface area contributed by atoms with Gasteiger partial charge in [0.1, 0.15) is 44.2 Å². The van der Waals surface area contributed by atoms with E-state index in [9.17, 15) is 67.2 Å². The van der Waals surface area contributed by atoms with E-state index < -0.39 is 64.8 Å². The van der Waals surface area contributed by atoms with Gasteiger partial charge in [-0.05, 0) is 120 Å². The third-order valence-electron chi connectivity index (χ3n) is 17.8. The number of alkyl halides is 3. The maximum atomic E-state index is 13.4. The predicted molar refractivity (Wildman–Crippen MR) is 377 cm³/mol. The molecule has 0 bridgehead atoms. The number of benzene rings is 3. The average Bonchev–Trinajstić information content (AvgIpc) is 1.72. The summed E-state index contributed by atoms with van der Waals surface area (Å²) in [5.74, 6) is 0.239. The first-order chi connectivity index (χ1) is 47.2. The Bertz CT molecular complexity index is 5030. The zero-order valence-electron chi connectivity index (χ0n) is 58.1. The molecule has 3 aliphatic heterocycles. The van der Waals surface area contributed by atoms with Crippen molar-refractivity contribution >= 4 is 80.1 Å². The standard InChI is InChI=1S/C25H30FN3O5S.2C23H26FN3O5S/c1-16(2)28-21-13-20(23(30)14-25(4)8-10-35(32,33)11-9-25)27-15-22(21)29(24(28)31)18-6-5-7-19(12-18)34-17(3)26;1-14(2)26-19-9-18(21(28)10-23(4)12-33(30,31)13-23)25-11-20(19)27(22(26)29)16-6-5-7-17(8-16)32-15(3)24;1-14(2)26-21-19(27(22(26)29)16-6-5-7-17(10-16)32-15(3)24)9-8-18(25-21)20(28)11-23(4)12-33(30,31)13-23/h5-7,12-13,15-17H,8-11,14H2,1-4H3;5-9,11,14-15H,10,12-13H2,1-4H3;5-10,14-15H,11-13H2,1-4H3. The number of rotatable bonds is 21. The van der Waals surface area contributed by atoms with Crippen LogP contribution in [0.25, 0.3) is 50.3 Å². The first-order valence-electron chi connectivity index (χ1n) is 33.0. The van der Waals surface area contributed by atoms with Gasteiger partial charge in [0, 0.05) is 87.2 Å². The number of hydrogen-bond acceptors (Lipinski definition) is 18. The molecule has 6 aromatic heterocycles. The van der Waals surface area contributed by atoms with Gasteiger partial charge < -0.3 is 14.2 Å². The van der Waals surface area contributed by atoms with Gasteiger partial charge in [-0.2, -0.15) is 0 Å². The normalized spacial score (nSPS) is 17.8. The van der Waals surface area contributed by atoms with E-state index in [1.165, 1.54) is 51.4 Å². The maximum Gasteiger partial charge on any atom is 0.335 e. The highest BCUT2D eigenvalue weighted by Crippen LogP contribution is 2.40. The van der Waals surface area contributed by atoms with Gasteiger partial charge >= 0.3 is 17.1 Å². The van der Waals surface area contributed by atoms with Crippen LogP contribution in [0.4, 0.5) is 13.2 Å². The Morgan fingerprint density at radius 2 is 0.772 bits per heavy atom. The summed E-state index contributed by atoms with van der Waals surface area (Å²) in [6.45, 7) is 20.5. The van der Waals surface area contributed by atoms with E-state index in [0.717, 1.165) is 0 Å². The van der Waals surface area contributed by atoms with E-state index in [-0.39, 0.29) is 141 Å². The summed E-state index contributed by atoms with van der Waals surface area (Å²) in [6.07, 6.45) is -0.340. The van der Waals surface area contributed by atoms with Crippen molar-refractivity contribution in [3.8, 4) is 34.3 Å². The van der Waals surface area contributed by atoms with E-state index >= 15 is 0 Å². The van der Waals surface area contributed by atoms with Crippen LogP contribution in [0.15, 0.2) is 124 Å². The van der Waals surface area contributed by atoms with Gasteiger partial charge in [-0.15, -0.1) is 0 Å². The summed E-state index contributed by atoms with van der Waals surface area (Å²) in [4.78, 5) is 92.2. The molecule has 0 N–H and O–H groups in total. The summed E-state index contributed by atoms with van der Waals surface area (Å²) in [5, 5.41) is 0. The zero-order chi connectivity index (χ0) is 73.8. The molecule has 0 saturated carbocycles. The first-order valence-corrected chi connectivity index (χ1v) is 38.5. The topological polar surface area (TPSA) is 301 Å². The number of Topliss-reactive ketones (excluding diaryl/α,β-unsaturated/α-hetero) is 3. The van der Waals surface area contributed by atoms with Crippen LogP contribution < -0.4 is 31.3 Å². The molecule has 24 nitrogen and oxygen atoms in total. The minimum absolute atomic E-state index is 0.0169. The molecule has 101 heavy (non-hydrogen) atoms. The van der Waals surface area contributed by atoms with Gasteiger partial charge in [-0.25, -0.2) is 57.8 Å². The molecule has 12 rings (SSSR count). The van der Waals surface area contributed by atoms with Crippen molar-refractivity contribution in [2.24, 2.45) is 16.2 Å². The number of fused-ring (bicyclic) bond motifs is 3. The highest BCUT2D eigenvalue weighted by atomic mass is 32.2. The largest absolute Gasteiger partial charge is 0.461 e. The van der Waals surface area contributed by atoms with Crippen LogP contribution in [0.5, 0.6) is 17.2 Å². The highest BCUT2D eigenvalue weighted by molar-refractivity contribution is 7.93. The quantitative estimate of drug-likeness (QED) is 0.0604. The number of imidazole rings is 3. The van der Waals surface area contributed by atoms with Crippen molar-refractivity contribution in [1.82, 2.24) is 42.4 Å². The van der Waals surface area contributed by atoms with Crippen LogP contribution in [0, 0.1) is 16.2 Å². The van der Waals surface area contributed by atoms with Crippen LogP contribution in [0.1, 0.15) is 165 Å². The second kappa shape index (κ2) is 28.4. The molecule has 30 heteroatoms. The number of nitrogens with zero attached hydrogens (tertiary/aromatic N) is 9. The van der Waals surface area contributed by atoms with Crippen molar-refractivity contribution in [3.05, 3.63) is 158 Å². The van der Waals surface area contributed by atoms with Gasteiger partial charge in [0.2, 0.25) is 19.1 Å². The smallest absolute Gasteiger partial charge is 0.335 e. The van der Waals surface area contributed by atoms with Gasteiger partial charge in [0.25, 0.3) is 0 Å². The fourth-order valence-corrected chi connectivity index (χ4v) is 19.8. The Morgan fingerprint density at radius 1 is 0.436 bits per heavy atom. The van der Waals surface area contributed by atoms with Gasteiger partial charge in [-0.1, -0.05) is 39.0 Å². The number of pyridine rings is 3. The lowest BCUT2D eigenvalue weighted by molar-refractivity contribution is 0.0855. The van der Waals surface area contributed by atoms with E-state index in [4.69, 9.17) is 14.2 Å². The van der Waals surface area contributed by atoms with Crippen molar-refractivity contribution < 1.29 is 67.0 Å². The van der Waals surface area contributed by atoms with Crippen LogP contribution >= 0.6 is 0 Å². The molecule has 9 aromatic rings. The second-order valence-corrected chi connectivity index (χ2v) is 34.8. The summed E-state index contributed by atoms with van der Waals surface area (Å²) in [7, 11) is -9.17. The van der Waals surface area contributed by atoms with E-state index in [1.54, 1.807) is 120 Å². The van der Waals surface area contributed by atoms with Crippen LogP contribution in [0.2, 0.25) is 0 Å². The molecule has 3 saturated heterocycles. The number of ether oxygens (including phenoxy) is 3. The van der Waals surface area contributed by atoms with Crippen LogP contribution in [0.3, 0.4) is 0 Å². The number of carbonyl (C=O) groups excluding carboxylic acids is 3. The van der Waals surface area contributed by atoms with Gasteiger partial charge in [0.05, 0.1) is 91.6 Å². The molecular formula is C71H82F3N9O15S3. The Labute approximate surface area is 581 Å². The molecular weight excluding hydrogens is 1370 g/mol. The van der Waals surface area contributed by atoms with Gasteiger partial charge in [0.15, 0.2) is 42.7 Å². The fourth-order valence-electron chi connectivity index (χ4n) is 13.5. The maximum absolute atomic E-state index is 13.4. The van der Waals surface area contributed by atoms with E-state index in [0.29, 0.717) is 63.1 Å². The summed E-state index contributed by atoms with van der Waals surface area (Å²) in [5.41, 5.74) is 2.43. The Morgan fingerprint density at radius 3 is 1.12 bits per heavy atom. The predicted octanol–water partition coefficient (Wildman–Crippen LogP) is 11.2. The average molecular weight is 1450 g/mol. The lowest BCUT2D eigenvalue weighted by Crippen LogP contribution is -2.47. The minimum Gasteiger partial charge on any atom is -0.461 e. The number of sulfone groups is 3. The number of aromatic nitrogens is 9. The van der Waals surface area contributed by atoms with Crippen molar-refractivity contribution in [2.45, 2.75) is 152 Å². The third kappa shape index (κ3) is 16.5. The van der Waals surface area contributed by atoms with Crippen molar-refractivity contribution in [1.29, 1.82) is 0 Å².